The maximum Gasteiger partial charge on any atom is 0.274 e. The number of ether oxygens (including phenoxy) is 1. The topological polar surface area (TPSA) is 99.9 Å². The summed E-state index contributed by atoms with van der Waals surface area (Å²) in [6, 6.07) is 9.21. The van der Waals surface area contributed by atoms with Gasteiger partial charge in [-0.15, -0.1) is 0 Å². The van der Waals surface area contributed by atoms with Crippen LogP contribution in [-0.4, -0.2) is 81.4 Å². The Morgan fingerprint density at radius 2 is 2.00 bits per heavy atom. The number of nitrogens with one attached hydrogen (secondary N) is 1. The van der Waals surface area contributed by atoms with Gasteiger partial charge in [0.25, 0.3) is 5.91 Å². The molecule has 1 aromatic heterocycles. The second-order valence-corrected chi connectivity index (χ2v) is 8.99. The van der Waals surface area contributed by atoms with Gasteiger partial charge in [0.2, 0.25) is 5.91 Å². The summed E-state index contributed by atoms with van der Waals surface area (Å²) in [5, 5.41) is 17.6. The van der Waals surface area contributed by atoms with Gasteiger partial charge in [-0.25, -0.2) is 0 Å². The van der Waals surface area contributed by atoms with E-state index in [0.717, 1.165) is 29.8 Å². The van der Waals surface area contributed by atoms with Crippen molar-refractivity contribution in [3.63, 3.8) is 0 Å². The van der Waals surface area contributed by atoms with Crippen molar-refractivity contribution in [2.75, 3.05) is 26.7 Å². The first-order chi connectivity index (χ1) is 15.9. The summed E-state index contributed by atoms with van der Waals surface area (Å²) >= 11 is 0. The molecule has 2 amide bonds. The second kappa shape index (κ2) is 9.93. The number of likely N-dealkylation sites (tertiary alicyclic amines) is 2. The molecule has 2 fully saturated rings. The summed E-state index contributed by atoms with van der Waals surface area (Å²) in [6.45, 7) is 4.05. The minimum absolute atomic E-state index is 0.0498. The largest absolute Gasteiger partial charge is 0.497 e. The molecule has 0 spiro atoms. The number of carbonyl (C=O) groups is 2. The normalized spacial score (nSPS) is 21.9. The number of amides is 2. The molecule has 0 unspecified atom stereocenters. The van der Waals surface area contributed by atoms with E-state index in [2.05, 4.69) is 15.3 Å². The van der Waals surface area contributed by atoms with E-state index in [9.17, 15) is 14.7 Å². The van der Waals surface area contributed by atoms with Gasteiger partial charge in [-0.05, 0) is 49.9 Å². The lowest BCUT2D eigenvalue weighted by Crippen LogP contribution is -2.52. The van der Waals surface area contributed by atoms with Crippen molar-refractivity contribution < 1.29 is 19.4 Å². The van der Waals surface area contributed by atoms with Gasteiger partial charge in [0.05, 0.1) is 19.3 Å². The third-order valence-electron chi connectivity index (χ3n) is 6.77. The SMILES string of the molecule is COc1cccc(CNC(=O)[C@@H]2C[C@@H](O)CN2C2CCN(C(=O)c3cc(C)n(C)n3)CC2)c1. The number of rotatable bonds is 6. The zero-order valence-corrected chi connectivity index (χ0v) is 19.5. The molecule has 4 rings (SSSR count). The van der Waals surface area contributed by atoms with E-state index in [1.807, 2.05) is 49.2 Å². The predicted molar refractivity (Wildman–Crippen MR) is 123 cm³/mol. The molecule has 3 heterocycles. The highest BCUT2D eigenvalue weighted by Gasteiger charge is 2.41. The van der Waals surface area contributed by atoms with Crippen LogP contribution < -0.4 is 10.1 Å². The van der Waals surface area contributed by atoms with Crippen LogP contribution in [0.25, 0.3) is 0 Å². The van der Waals surface area contributed by atoms with Crippen LogP contribution in [0.5, 0.6) is 5.75 Å². The standard InChI is InChI=1S/C24H33N5O4/c1-16-11-21(26-27(16)2)24(32)28-9-7-18(8-10-28)29-15-19(30)13-22(29)23(31)25-14-17-5-4-6-20(12-17)33-3/h4-6,11-12,18-19,22,30H,7-10,13-15H2,1-3H3,(H,25,31)/t19-,22+/m1/s1. The zero-order valence-electron chi connectivity index (χ0n) is 19.5. The first kappa shape index (κ1) is 23.3. The fourth-order valence-corrected chi connectivity index (χ4v) is 4.82. The maximum atomic E-state index is 13.0. The van der Waals surface area contributed by atoms with Crippen LogP contribution in [0.3, 0.4) is 0 Å². The van der Waals surface area contributed by atoms with Crippen molar-refractivity contribution in [1.82, 2.24) is 24.9 Å². The summed E-state index contributed by atoms with van der Waals surface area (Å²) in [6.07, 6.45) is 1.44. The fourth-order valence-electron chi connectivity index (χ4n) is 4.82. The van der Waals surface area contributed by atoms with E-state index in [1.54, 1.807) is 11.8 Å². The molecule has 33 heavy (non-hydrogen) atoms. The van der Waals surface area contributed by atoms with Crippen LogP contribution >= 0.6 is 0 Å². The molecule has 9 nitrogen and oxygen atoms in total. The number of hydrogen-bond acceptors (Lipinski definition) is 6. The Kier molecular flexibility index (Phi) is 6.99. The van der Waals surface area contributed by atoms with Gasteiger partial charge in [-0.1, -0.05) is 12.1 Å². The summed E-state index contributed by atoms with van der Waals surface area (Å²) in [4.78, 5) is 29.8. The number of methoxy groups -OCH3 is 1. The molecule has 9 heteroatoms. The van der Waals surface area contributed by atoms with Gasteiger partial charge < -0.3 is 20.1 Å². The quantitative estimate of drug-likeness (QED) is 0.677. The molecule has 2 saturated heterocycles. The predicted octanol–water partition coefficient (Wildman–Crippen LogP) is 1.09. The number of aromatic nitrogens is 2. The molecule has 0 bridgehead atoms. The first-order valence-corrected chi connectivity index (χ1v) is 11.5. The molecule has 178 valence electrons. The van der Waals surface area contributed by atoms with Crippen molar-refractivity contribution in [3.8, 4) is 5.75 Å². The van der Waals surface area contributed by atoms with Gasteiger partial charge in [-0.3, -0.25) is 19.2 Å². The van der Waals surface area contributed by atoms with Gasteiger partial charge in [-0.2, -0.15) is 5.10 Å². The molecule has 2 aromatic rings. The molecule has 1 aromatic carbocycles. The van der Waals surface area contributed by atoms with Crippen molar-refractivity contribution >= 4 is 11.8 Å². The second-order valence-electron chi connectivity index (χ2n) is 8.99. The Labute approximate surface area is 194 Å². The molecule has 0 aliphatic carbocycles. The highest BCUT2D eigenvalue weighted by molar-refractivity contribution is 5.92. The minimum atomic E-state index is -0.520. The van der Waals surface area contributed by atoms with Crippen LogP contribution in [0.15, 0.2) is 30.3 Å². The minimum Gasteiger partial charge on any atom is -0.497 e. The van der Waals surface area contributed by atoms with Crippen molar-refractivity contribution in [1.29, 1.82) is 0 Å². The number of carbonyl (C=O) groups excluding carboxylic acids is 2. The average Bonchev–Trinajstić information content (AvgIpc) is 3.39. The van der Waals surface area contributed by atoms with Crippen LogP contribution in [0.1, 0.15) is 41.0 Å². The summed E-state index contributed by atoms with van der Waals surface area (Å²) in [5.74, 6) is 0.629. The lowest BCUT2D eigenvalue weighted by Gasteiger charge is -2.38. The van der Waals surface area contributed by atoms with Gasteiger partial charge in [0.1, 0.15) is 5.75 Å². The number of hydrogen-bond donors (Lipinski definition) is 2. The van der Waals surface area contributed by atoms with Crippen LogP contribution in [0.4, 0.5) is 0 Å². The van der Waals surface area contributed by atoms with Crippen molar-refractivity contribution in [2.24, 2.45) is 7.05 Å². The third-order valence-corrected chi connectivity index (χ3v) is 6.77. The molecule has 2 aliphatic rings. The first-order valence-electron chi connectivity index (χ1n) is 11.5. The molecule has 2 N–H and O–H groups in total. The summed E-state index contributed by atoms with van der Waals surface area (Å²) in [7, 11) is 3.45. The molecular weight excluding hydrogens is 422 g/mol. The van der Waals surface area contributed by atoms with Crippen LogP contribution in [-0.2, 0) is 18.4 Å². The zero-order chi connectivity index (χ0) is 23.5. The van der Waals surface area contributed by atoms with Crippen LogP contribution in [0, 0.1) is 6.92 Å². The van der Waals surface area contributed by atoms with Crippen molar-refractivity contribution in [3.05, 3.63) is 47.3 Å². The highest BCUT2D eigenvalue weighted by atomic mass is 16.5. The van der Waals surface area contributed by atoms with E-state index in [1.165, 1.54) is 0 Å². The molecular formula is C24H33N5O4. The van der Waals surface area contributed by atoms with Gasteiger partial charge >= 0.3 is 0 Å². The Morgan fingerprint density at radius 1 is 1.24 bits per heavy atom. The van der Waals surface area contributed by atoms with Gasteiger partial charge in [0.15, 0.2) is 5.69 Å². The molecule has 2 atom stereocenters. The lowest BCUT2D eigenvalue weighted by atomic mass is 10.0. The highest BCUT2D eigenvalue weighted by Crippen LogP contribution is 2.27. The monoisotopic (exact) mass is 455 g/mol. The molecule has 2 aliphatic heterocycles. The third kappa shape index (κ3) is 5.20. The Bertz CT molecular complexity index is 979. The number of piperidine rings is 1. The smallest absolute Gasteiger partial charge is 0.274 e. The average molecular weight is 456 g/mol. The number of nitrogens with zero attached hydrogens (tertiary/aromatic N) is 4. The Hall–Kier alpha value is -2.91. The maximum absolute atomic E-state index is 13.0. The van der Waals surface area contributed by atoms with E-state index in [-0.39, 0.29) is 23.9 Å². The Balaban J connectivity index is 1.34. The van der Waals surface area contributed by atoms with E-state index in [4.69, 9.17) is 4.74 Å². The molecule has 0 radical (unpaired) electrons. The van der Waals surface area contributed by atoms with Crippen LogP contribution in [0.2, 0.25) is 0 Å². The van der Waals surface area contributed by atoms with Crippen molar-refractivity contribution in [2.45, 2.75) is 50.9 Å². The lowest BCUT2D eigenvalue weighted by molar-refractivity contribution is -0.126. The van der Waals surface area contributed by atoms with E-state index < -0.39 is 6.10 Å². The number of aryl methyl sites for hydroxylation is 2. The number of aliphatic hydroxyl groups is 1. The van der Waals surface area contributed by atoms with E-state index in [0.29, 0.717) is 38.3 Å². The fraction of sp³-hybridized carbons (Fsp3) is 0.542. The number of benzene rings is 1. The molecule has 0 saturated carbocycles. The summed E-state index contributed by atoms with van der Waals surface area (Å²) in [5.41, 5.74) is 2.38. The van der Waals surface area contributed by atoms with E-state index >= 15 is 0 Å². The number of β-amino-alcohol motifs (C(OH)–C–C–N with tert-alkyl or cyclic N) is 1. The number of aliphatic hydroxyl groups excluding tert-OH is 1. The van der Waals surface area contributed by atoms with Gasteiger partial charge in [0, 0.05) is 45.0 Å². The Morgan fingerprint density at radius 3 is 2.67 bits per heavy atom. The summed E-state index contributed by atoms with van der Waals surface area (Å²) < 4.78 is 6.95.